The highest BCUT2D eigenvalue weighted by molar-refractivity contribution is 6.00. The second kappa shape index (κ2) is 21.5. The van der Waals surface area contributed by atoms with Crippen molar-refractivity contribution < 1.29 is 19.6 Å². The van der Waals surface area contributed by atoms with Crippen LogP contribution in [0.15, 0.2) is 186 Å². The minimum absolute atomic E-state index is 0.0187. The minimum Gasteiger partial charge on any atom is -0.423 e. The zero-order valence-electron chi connectivity index (χ0n) is 36.0. The van der Waals surface area contributed by atoms with Gasteiger partial charge in [0.1, 0.15) is 42.0 Å². The van der Waals surface area contributed by atoms with Gasteiger partial charge in [0.2, 0.25) is 0 Å². The molecule has 0 spiro atoms. The summed E-state index contributed by atoms with van der Waals surface area (Å²) in [6.45, 7) is 1.65. The van der Waals surface area contributed by atoms with E-state index in [0.29, 0.717) is 40.2 Å². The molecule has 2 amide bonds. The van der Waals surface area contributed by atoms with Crippen molar-refractivity contribution >= 4 is 45.5 Å². The third-order valence-corrected chi connectivity index (χ3v) is 10.4. The number of nitrogens with one attached hydrogen (secondary N) is 4. The number of fused-ring (bicyclic) bond motifs is 2. The molecule has 0 radical (unpaired) electrons. The number of nitrogens with zero attached hydrogens (tertiary/aromatic N) is 6. The Labute approximate surface area is 383 Å². The Balaban J connectivity index is 0.000000186. The first-order valence-corrected chi connectivity index (χ1v) is 21.2. The van der Waals surface area contributed by atoms with Crippen LogP contribution in [0.1, 0.15) is 48.5 Å². The van der Waals surface area contributed by atoms with E-state index >= 15 is 0 Å². The molecule has 0 aliphatic heterocycles. The maximum Gasteiger partial charge on any atom is 0.297 e. The molecule has 4 aromatic heterocycles. The maximum absolute atomic E-state index is 13.4. The zero-order chi connectivity index (χ0) is 46.4. The van der Waals surface area contributed by atoms with Crippen molar-refractivity contribution in [2.75, 3.05) is 10.6 Å². The molecule has 0 fully saturated rings. The SMILES string of the molecule is O=C(NCc1ccccc1)c1cc2c(NCc3ccccc3)ncnc2n(O)c1=O.O=C(NCc1ccccc1)c1cc2c(NCc3ccccc3)ncnc2n(OCc2ccccc2)c1=O. The number of hydrogen-bond donors (Lipinski definition) is 5. The molecule has 16 nitrogen and oxygen atoms in total. The number of pyridine rings is 2. The van der Waals surface area contributed by atoms with E-state index in [2.05, 4.69) is 41.2 Å². The third-order valence-electron chi connectivity index (χ3n) is 10.4. The van der Waals surface area contributed by atoms with Gasteiger partial charge in [-0.15, -0.1) is 9.46 Å². The fourth-order valence-electron chi connectivity index (χ4n) is 6.95. The number of aromatic nitrogens is 6. The molecular formula is C51H44N10O6. The molecule has 0 unspecified atom stereocenters. The second-order valence-electron chi connectivity index (χ2n) is 15.0. The lowest BCUT2D eigenvalue weighted by Crippen LogP contribution is -2.36. The summed E-state index contributed by atoms with van der Waals surface area (Å²) in [5.74, 6) is -0.205. The van der Waals surface area contributed by atoms with Crippen LogP contribution in [0.3, 0.4) is 0 Å². The van der Waals surface area contributed by atoms with Crippen molar-refractivity contribution in [3.8, 4) is 0 Å². The number of carbonyl (C=O) groups is 2. The Morgan fingerprint density at radius 1 is 0.478 bits per heavy atom. The lowest BCUT2D eigenvalue weighted by Gasteiger charge is -2.15. The van der Waals surface area contributed by atoms with Crippen LogP contribution in [0.4, 0.5) is 11.6 Å². The van der Waals surface area contributed by atoms with E-state index in [1.54, 1.807) is 0 Å². The van der Waals surface area contributed by atoms with Gasteiger partial charge < -0.3 is 31.3 Å². The first kappa shape index (κ1) is 44.4. The minimum atomic E-state index is -0.847. The smallest absolute Gasteiger partial charge is 0.297 e. The highest BCUT2D eigenvalue weighted by Gasteiger charge is 2.21. The summed E-state index contributed by atoms with van der Waals surface area (Å²) in [4.78, 5) is 74.5. The number of benzene rings is 5. The van der Waals surface area contributed by atoms with Gasteiger partial charge in [-0.2, -0.15) is 0 Å². The van der Waals surface area contributed by atoms with Crippen LogP contribution in [-0.2, 0) is 32.8 Å². The van der Waals surface area contributed by atoms with Gasteiger partial charge in [0.25, 0.3) is 22.9 Å². The van der Waals surface area contributed by atoms with Gasteiger partial charge >= 0.3 is 0 Å². The second-order valence-corrected chi connectivity index (χ2v) is 15.0. The van der Waals surface area contributed by atoms with Crippen molar-refractivity contribution in [3.63, 3.8) is 0 Å². The average molecular weight is 893 g/mol. The van der Waals surface area contributed by atoms with Gasteiger partial charge in [0, 0.05) is 26.2 Å². The number of carbonyl (C=O) groups excluding carboxylic acids is 2. The lowest BCUT2D eigenvalue weighted by atomic mass is 10.1. The summed E-state index contributed by atoms with van der Waals surface area (Å²) < 4.78 is 1.46. The highest BCUT2D eigenvalue weighted by Crippen LogP contribution is 2.21. The Morgan fingerprint density at radius 3 is 1.30 bits per heavy atom. The van der Waals surface area contributed by atoms with E-state index < -0.39 is 22.9 Å². The Bertz CT molecular complexity index is 3230. The summed E-state index contributed by atoms with van der Waals surface area (Å²) in [7, 11) is 0. The lowest BCUT2D eigenvalue weighted by molar-refractivity contribution is 0.0896. The fraction of sp³-hybridized carbons (Fsp3) is 0.0980. The number of hydrogen-bond acceptors (Lipinski definition) is 12. The van der Waals surface area contributed by atoms with Crippen LogP contribution in [-0.4, -0.2) is 46.4 Å². The quantitative estimate of drug-likeness (QED) is 0.0697. The van der Waals surface area contributed by atoms with E-state index in [9.17, 15) is 24.4 Å². The van der Waals surface area contributed by atoms with E-state index in [-0.39, 0.29) is 42.1 Å². The normalized spacial score (nSPS) is 10.7. The summed E-state index contributed by atoms with van der Waals surface area (Å²) in [6, 6.07) is 50.8. The van der Waals surface area contributed by atoms with Gasteiger partial charge in [-0.3, -0.25) is 19.2 Å². The predicted octanol–water partition coefficient (Wildman–Crippen LogP) is 6.53. The maximum atomic E-state index is 13.4. The Hall–Kier alpha value is -9.18. The summed E-state index contributed by atoms with van der Waals surface area (Å²) in [6.07, 6.45) is 2.61. The van der Waals surface area contributed by atoms with Crippen LogP contribution in [0.25, 0.3) is 22.1 Å². The molecule has 4 heterocycles. The molecular weight excluding hydrogens is 849 g/mol. The van der Waals surface area contributed by atoms with Gasteiger partial charge in [0.05, 0.1) is 10.8 Å². The number of anilines is 2. The van der Waals surface area contributed by atoms with Crippen molar-refractivity contribution in [2.24, 2.45) is 0 Å². The Kier molecular flexibility index (Phi) is 14.2. The van der Waals surface area contributed by atoms with E-state index in [1.807, 2.05) is 152 Å². The van der Waals surface area contributed by atoms with Crippen LogP contribution in [0.2, 0.25) is 0 Å². The van der Waals surface area contributed by atoms with Gasteiger partial charge in [-0.1, -0.05) is 152 Å². The van der Waals surface area contributed by atoms with Crippen LogP contribution in [0, 0.1) is 0 Å². The molecule has 0 atom stereocenters. The summed E-state index contributed by atoms with van der Waals surface area (Å²) in [5.41, 5.74) is 3.37. The van der Waals surface area contributed by atoms with Gasteiger partial charge in [-0.05, 0) is 39.9 Å². The van der Waals surface area contributed by atoms with Crippen molar-refractivity contribution in [1.82, 2.24) is 40.0 Å². The van der Waals surface area contributed by atoms with Crippen LogP contribution in [0.5, 0.6) is 0 Å². The number of amides is 2. The fourth-order valence-corrected chi connectivity index (χ4v) is 6.95. The average Bonchev–Trinajstić information content (AvgIpc) is 3.38. The van der Waals surface area contributed by atoms with Gasteiger partial charge in [0.15, 0.2) is 11.3 Å². The molecule has 0 bridgehead atoms. The summed E-state index contributed by atoms with van der Waals surface area (Å²) in [5, 5.41) is 23.1. The molecule has 16 heteroatoms. The molecule has 9 rings (SSSR count). The molecule has 0 saturated heterocycles. The van der Waals surface area contributed by atoms with Crippen molar-refractivity contribution in [3.05, 3.63) is 236 Å². The monoisotopic (exact) mass is 892 g/mol. The topological polar surface area (TPSA) is 207 Å². The van der Waals surface area contributed by atoms with E-state index in [4.69, 9.17) is 4.84 Å². The standard InChI is InChI=1S/C29H25N5O3.C22H19N5O3/c35-28(31-18-22-12-6-2-7-13-22)25-16-24-26(30-17-21-10-4-1-5-11-21)32-20-33-27(24)34(29(25)36)37-19-23-14-8-3-9-15-23;28-21(24-13-16-9-5-2-6-10-16)18-11-17-19(23-12-15-7-3-1-4-8-15)25-14-26-20(17)27(30)22(18)29/h1-16,20H,17-19H2,(H,31,35)(H,30,32,33);1-11,14,30H,12-13H2,(H,24,28)(H,23,25,26). The third kappa shape index (κ3) is 11.1. The predicted molar refractivity (Wildman–Crippen MR) is 254 cm³/mol. The largest absolute Gasteiger partial charge is 0.423 e. The molecule has 67 heavy (non-hydrogen) atoms. The first-order chi connectivity index (χ1) is 32.8. The van der Waals surface area contributed by atoms with Gasteiger partial charge in [-0.25, -0.2) is 19.9 Å². The van der Waals surface area contributed by atoms with E-state index in [1.165, 1.54) is 24.8 Å². The highest BCUT2D eigenvalue weighted by atomic mass is 16.7. The molecule has 334 valence electrons. The Morgan fingerprint density at radius 2 is 0.851 bits per heavy atom. The summed E-state index contributed by atoms with van der Waals surface area (Å²) >= 11 is 0. The molecule has 0 aliphatic carbocycles. The molecule has 5 N–H and O–H groups in total. The number of rotatable bonds is 15. The zero-order valence-corrected chi connectivity index (χ0v) is 36.0. The molecule has 0 saturated carbocycles. The molecule has 5 aromatic carbocycles. The molecule has 9 aromatic rings. The molecule has 0 aliphatic rings. The van der Waals surface area contributed by atoms with Crippen molar-refractivity contribution in [2.45, 2.75) is 32.8 Å². The van der Waals surface area contributed by atoms with Crippen LogP contribution < -0.4 is 37.2 Å². The van der Waals surface area contributed by atoms with Crippen LogP contribution >= 0.6 is 0 Å². The van der Waals surface area contributed by atoms with E-state index in [0.717, 1.165) is 32.5 Å². The van der Waals surface area contributed by atoms with Crippen molar-refractivity contribution in [1.29, 1.82) is 0 Å². The first-order valence-electron chi connectivity index (χ1n) is 21.2.